The third kappa shape index (κ3) is 3.77. The summed E-state index contributed by atoms with van der Waals surface area (Å²) in [6, 6.07) is 16.5. The smallest absolute Gasteiger partial charge is 0.338 e. The Morgan fingerprint density at radius 3 is 2.00 bits per heavy atom. The van der Waals surface area contributed by atoms with E-state index < -0.39 is 24.4 Å². The van der Waals surface area contributed by atoms with Crippen molar-refractivity contribution in [1.29, 1.82) is 0 Å². The number of carbonyl (C=O) groups excluding carboxylic acids is 5. The molecule has 0 fully saturated rings. The molecule has 0 atom stereocenters. The number of fused-ring (bicyclic) bond motifs is 2. The van der Waals surface area contributed by atoms with Gasteiger partial charge in [0.2, 0.25) is 5.91 Å². The molecule has 0 aromatic heterocycles. The second kappa shape index (κ2) is 8.27. The topological polar surface area (TPSA) is 133 Å². The molecule has 1 aliphatic carbocycles. The van der Waals surface area contributed by atoms with E-state index in [4.69, 9.17) is 10.5 Å². The summed E-state index contributed by atoms with van der Waals surface area (Å²) >= 11 is 0. The summed E-state index contributed by atoms with van der Waals surface area (Å²) in [5.41, 5.74) is 6.53. The molecule has 3 aromatic rings. The Kier molecular flexibility index (Phi) is 5.34. The lowest BCUT2D eigenvalue weighted by atomic mass is 9.83. The van der Waals surface area contributed by atoms with Gasteiger partial charge in [-0.05, 0) is 30.3 Å². The molecule has 0 saturated heterocycles. The van der Waals surface area contributed by atoms with E-state index in [-0.39, 0.29) is 45.1 Å². The molecule has 0 spiro atoms. The van der Waals surface area contributed by atoms with Crippen LogP contribution >= 0.6 is 0 Å². The molecular formula is C24H16N2O6. The normalized spacial score (nSPS) is 11.9. The molecule has 158 valence electrons. The van der Waals surface area contributed by atoms with Crippen LogP contribution in [-0.4, -0.2) is 36.0 Å². The number of anilines is 1. The molecule has 8 nitrogen and oxygen atoms in total. The van der Waals surface area contributed by atoms with Crippen LogP contribution in [0.2, 0.25) is 0 Å². The van der Waals surface area contributed by atoms with Crippen molar-refractivity contribution in [2.24, 2.45) is 5.73 Å². The second-order valence-corrected chi connectivity index (χ2v) is 7.00. The monoisotopic (exact) mass is 428 g/mol. The molecule has 0 saturated carbocycles. The predicted molar refractivity (Wildman–Crippen MR) is 114 cm³/mol. The molecule has 0 radical (unpaired) electrons. The quantitative estimate of drug-likeness (QED) is 0.469. The van der Waals surface area contributed by atoms with Crippen molar-refractivity contribution in [3.63, 3.8) is 0 Å². The van der Waals surface area contributed by atoms with Crippen molar-refractivity contribution in [1.82, 2.24) is 0 Å². The minimum absolute atomic E-state index is 0.0953. The number of primary amides is 1. The van der Waals surface area contributed by atoms with Gasteiger partial charge in [-0.25, -0.2) is 4.79 Å². The van der Waals surface area contributed by atoms with Gasteiger partial charge in [-0.2, -0.15) is 0 Å². The van der Waals surface area contributed by atoms with Crippen LogP contribution in [0.1, 0.15) is 52.6 Å². The number of hydrogen-bond donors (Lipinski definition) is 2. The minimum atomic E-state index is -0.772. The SMILES string of the molecule is NC(=O)c1ccc(C(=O)OCC(=O)Nc2cccc3c2C(=O)c2ccccc2C3=O)cc1. The Bertz CT molecular complexity index is 1290. The van der Waals surface area contributed by atoms with Crippen molar-refractivity contribution in [3.8, 4) is 0 Å². The van der Waals surface area contributed by atoms with E-state index in [0.29, 0.717) is 5.56 Å². The molecule has 8 heteroatoms. The van der Waals surface area contributed by atoms with Crippen LogP contribution in [0.4, 0.5) is 5.69 Å². The van der Waals surface area contributed by atoms with E-state index in [1.165, 1.54) is 36.4 Å². The fraction of sp³-hybridized carbons (Fsp3) is 0.0417. The first-order chi connectivity index (χ1) is 15.4. The number of esters is 1. The average Bonchev–Trinajstić information content (AvgIpc) is 2.81. The minimum Gasteiger partial charge on any atom is -0.452 e. The number of ketones is 2. The molecule has 0 bridgehead atoms. The van der Waals surface area contributed by atoms with Gasteiger partial charge in [-0.3, -0.25) is 19.2 Å². The maximum atomic E-state index is 13.0. The van der Waals surface area contributed by atoms with Crippen molar-refractivity contribution in [2.45, 2.75) is 0 Å². The summed E-state index contributed by atoms with van der Waals surface area (Å²) in [5, 5.41) is 2.53. The van der Waals surface area contributed by atoms with Crippen LogP contribution in [0.5, 0.6) is 0 Å². The maximum absolute atomic E-state index is 13.0. The lowest BCUT2D eigenvalue weighted by Crippen LogP contribution is -2.26. The number of nitrogens with two attached hydrogens (primary N) is 1. The lowest BCUT2D eigenvalue weighted by molar-refractivity contribution is -0.119. The van der Waals surface area contributed by atoms with Crippen LogP contribution in [0.25, 0.3) is 0 Å². The summed E-state index contributed by atoms with van der Waals surface area (Å²) in [7, 11) is 0. The van der Waals surface area contributed by atoms with E-state index in [0.717, 1.165) is 0 Å². The van der Waals surface area contributed by atoms with Gasteiger partial charge in [0, 0.05) is 22.3 Å². The van der Waals surface area contributed by atoms with Crippen LogP contribution in [-0.2, 0) is 9.53 Å². The fourth-order valence-corrected chi connectivity index (χ4v) is 3.42. The molecule has 3 aromatic carbocycles. The summed E-state index contributed by atoms with van der Waals surface area (Å²) in [6.45, 7) is -0.612. The van der Waals surface area contributed by atoms with Crippen molar-refractivity contribution in [2.75, 3.05) is 11.9 Å². The molecule has 3 N–H and O–H groups in total. The Hall–Kier alpha value is -4.59. The first kappa shape index (κ1) is 20.7. The van der Waals surface area contributed by atoms with Gasteiger partial charge in [0.15, 0.2) is 18.2 Å². The molecule has 32 heavy (non-hydrogen) atoms. The molecule has 0 heterocycles. The molecule has 4 rings (SSSR count). The standard InChI is InChI=1S/C24H16N2O6/c25-23(30)13-8-10-14(11-9-13)24(31)32-12-19(27)26-18-7-3-6-17-20(18)22(29)16-5-2-1-4-15(16)21(17)28/h1-11H,12H2,(H2,25,30)(H,26,27). The number of amides is 2. The second-order valence-electron chi connectivity index (χ2n) is 7.00. The third-order valence-electron chi connectivity index (χ3n) is 4.97. The van der Waals surface area contributed by atoms with E-state index >= 15 is 0 Å². The third-order valence-corrected chi connectivity index (χ3v) is 4.97. The number of benzene rings is 3. The van der Waals surface area contributed by atoms with Crippen LogP contribution in [0.3, 0.4) is 0 Å². The molecule has 0 unspecified atom stereocenters. The number of nitrogens with one attached hydrogen (secondary N) is 1. The number of hydrogen-bond acceptors (Lipinski definition) is 6. The van der Waals surface area contributed by atoms with Gasteiger partial charge in [0.05, 0.1) is 16.8 Å². The van der Waals surface area contributed by atoms with Crippen LogP contribution < -0.4 is 11.1 Å². The first-order valence-electron chi connectivity index (χ1n) is 9.55. The van der Waals surface area contributed by atoms with Gasteiger partial charge in [0.25, 0.3) is 5.91 Å². The summed E-state index contributed by atoms with van der Waals surface area (Å²) in [5.74, 6) is -2.77. The highest BCUT2D eigenvalue weighted by atomic mass is 16.5. The highest BCUT2D eigenvalue weighted by Crippen LogP contribution is 2.31. The Balaban J connectivity index is 1.48. The molecule has 0 aliphatic heterocycles. The van der Waals surface area contributed by atoms with E-state index in [9.17, 15) is 24.0 Å². The maximum Gasteiger partial charge on any atom is 0.338 e. The molecule has 2 amide bonds. The summed E-state index contributed by atoms with van der Waals surface area (Å²) in [4.78, 5) is 61.3. The number of ether oxygens (including phenoxy) is 1. The largest absolute Gasteiger partial charge is 0.452 e. The first-order valence-corrected chi connectivity index (χ1v) is 9.55. The van der Waals surface area contributed by atoms with E-state index in [2.05, 4.69) is 5.32 Å². The van der Waals surface area contributed by atoms with Crippen LogP contribution in [0, 0.1) is 0 Å². The summed E-state index contributed by atoms with van der Waals surface area (Å²) < 4.78 is 4.99. The van der Waals surface area contributed by atoms with Crippen molar-refractivity contribution >= 4 is 35.0 Å². The van der Waals surface area contributed by atoms with Crippen LogP contribution in [0.15, 0.2) is 66.7 Å². The van der Waals surface area contributed by atoms with Gasteiger partial charge >= 0.3 is 5.97 Å². The van der Waals surface area contributed by atoms with Crippen molar-refractivity contribution in [3.05, 3.63) is 100 Å². The number of rotatable bonds is 5. The summed E-state index contributed by atoms with van der Waals surface area (Å²) in [6.07, 6.45) is 0. The predicted octanol–water partition coefficient (Wildman–Crippen LogP) is 2.36. The Morgan fingerprint density at radius 1 is 0.750 bits per heavy atom. The zero-order chi connectivity index (χ0) is 22.8. The highest BCUT2D eigenvalue weighted by molar-refractivity contribution is 6.30. The van der Waals surface area contributed by atoms with Gasteiger partial charge in [-0.15, -0.1) is 0 Å². The van der Waals surface area contributed by atoms with Gasteiger partial charge in [-0.1, -0.05) is 36.4 Å². The lowest BCUT2D eigenvalue weighted by Gasteiger charge is -2.20. The van der Waals surface area contributed by atoms with E-state index in [1.807, 2.05) is 0 Å². The Labute approximate surface area is 182 Å². The zero-order valence-electron chi connectivity index (χ0n) is 16.6. The number of carbonyl (C=O) groups is 5. The Morgan fingerprint density at radius 2 is 1.34 bits per heavy atom. The van der Waals surface area contributed by atoms with E-state index in [1.54, 1.807) is 30.3 Å². The van der Waals surface area contributed by atoms with Crippen molar-refractivity contribution < 1.29 is 28.7 Å². The zero-order valence-corrected chi connectivity index (χ0v) is 16.6. The molecule has 1 aliphatic rings. The van der Waals surface area contributed by atoms with Gasteiger partial charge in [0.1, 0.15) is 0 Å². The molecular weight excluding hydrogens is 412 g/mol. The highest BCUT2D eigenvalue weighted by Gasteiger charge is 2.31. The fourth-order valence-electron chi connectivity index (χ4n) is 3.42. The van der Waals surface area contributed by atoms with Gasteiger partial charge < -0.3 is 15.8 Å². The average molecular weight is 428 g/mol.